The van der Waals surface area contributed by atoms with Crippen molar-refractivity contribution in [2.24, 2.45) is 11.8 Å². The van der Waals surface area contributed by atoms with Gasteiger partial charge in [-0.3, -0.25) is 0 Å². The molecule has 1 atom stereocenters. The third-order valence-corrected chi connectivity index (χ3v) is 2.59. The Hall–Kier alpha value is -0.990. The van der Waals surface area contributed by atoms with Crippen LogP contribution in [0.1, 0.15) is 26.7 Å². The standard InChI is InChI=1S/C12H21NO2/c1-4-11-6-5-7-13(8-11)12(14)15-9-10(2)3/h4,10-11H,1,5-9H2,2-3H3. The number of nitrogens with zero attached hydrogens (tertiary/aromatic N) is 1. The fraction of sp³-hybridized carbons (Fsp3) is 0.750. The molecule has 0 aromatic rings. The van der Waals surface area contributed by atoms with Crippen LogP contribution in [0, 0.1) is 11.8 Å². The lowest BCUT2D eigenvalue weighted by atomic mass is 9.99. The molecule has 0 N–H and O–H groups in total. The minimum absolute atomic E-state index is 0.171. The monoisotopic (exact) mass is 211 g/mol. The molecule has 1 aliphatic rings. The van der Waals surface area contributed by atoms with E-state index >= 15 is 0 Å². The summed E-state index contributed by atoms with van der Waals surface area (Å²) in [6.45, 7) is 9.94. The Morgan fingerprint density at radius 1 is 1.67 bits per heavy atom. The molecule has 1 saturated heterocycles. The second-order valence-electron chi connectivity index (χ2n) is 4.55. The van der Waals surface area contributed by atoms with E-state index in [-0.39, 0.29) is 6.09 Å². The maximum absolute atomic E-state index is 11.6. The Balaban J connectivity index is 2.35. The molecule has 15 heavy (non-hydrogen) atoms. The van der Waals surface area contributed by atoms with Crippen LogP contribution in [-0.2, 0) is 4.74 Å². The molecule has 3 nitrogen and oxygen atoms in total. The third-order valence-electron chi connectivity index (χ3n) is 2.59. The van der Waals surface area contributed by atoms with Gasteiger partial charge in [-0.25, -0.2) is 4.79 Å². The molecule has 1 fully saturated rings. The van der Waals surface area contributed by atoms with Gasteiger partial charge in [0.1, 0.15) is 0 Å². The summed E-state index contributed by atoms with van der Waals surface area (Å²) in [6.07, 6.45) is 3.95. The van der Waals surface area contributed by atoms with Crippen molar-refractivity contribution in [3.63, 3.8) is 0 Å². The van der Waals surface area contributed by atoms with Gasteiger partial charge in [0.15, 0.2) is 0 Å². The maximum atomic E-state index is 11.6. The van der Waals surface area contributed by atoms with Crippen molar-refractivity contribution in [1.29, 1.82) is 0 Å². The third kappa shape index (κ3) is 3.94. The molecular formula is C12H21NO2. The summed E-state index contributed by atoms with van der Waals surface area (Å²) in [6, 6.07) is 0. The van der Waals surface area contributed by atoms with Gasteiger partial charge in [-0.1, -0.05) is 19.9 Å². The van der Waals surface area contributed by atoms with E-state index in [1.807, 2.05) is 19.9 Å². The van der Waals surface area contributed by atoms with E-state index < -0.39 is 0 Å². The highest BCUT2D eigenvalue weighted by Crippen LogP contribution is 2.17. The molecule has 0 spiro atoms. The number of carbonyl (C=O) groups is 1. The van der Waals surface area contributed by atoms with Crippen LogP contribution in [-0.4, -0.2) is 30.7 Å². The number of amides is 1. The number of carbonyl (C=O) groups excluding carboxylic acids is 1. The Bertz CT molecular complexity index is 226. The Kier molecular flexibility index (Phi) is 4.66. The molecule has 0 aromatic carbocycles. The van der Waals surface area contributed by atoms with Crippen molar-refractivity contribution in [2.75, 3.05) is 19.7 Å². The zero-order valence-corrected chi connectivity index (χ0v) is 9.74. The van der Waals surface area contributed by atoms with Crippen molar-refractivity contribution in [3.05, 3.63) is 12.7 Å². The van der Waals surface area contributed by atoms with Crippen molar-refractivity contribution in [3.8, 4) is 0 Å². The van der Waals surface area contributed by atoms with E-state index in [0.717, 1.165) is 25.9 Å². The van der Waals surface area contributed by atoms with E-state index in [4.69, 9.17) is 4.74 Å². The first-order valence-electron chi connectivity index (χ1n) is 5.67. The first-order chi connectivity index (χ1) is 7.13. The summed E-state index contributed by atoms with van der Waals surface area (Å²) in [5.41, 5.74) is 0. The van der Waals surface area contributed by atoms with Crippen molar-refractivity contribution < 1.29 is 9.53 Å². The highest BCUT2D eigenvalue weighted by molar-refractivity contribution is 5.67. The largest absolute Gasteiger partial charge is 0.449 e. The van der Waals surface area contributed by atoms with Crippen LogP contribution < -0.4 is 0 Å². The number of piperidine rings is 1. The van der Waals surface area contributed by atoms with Gasteiger partial charge in [0.2, 0.25) is 0 Å². The van der Waals surface area contributed by atoms with Crippen molar-refractivity contribution >= 4 is 6.09 Å². The highest BCUT2D eigenvalue weighted by atomic mass is 16.6. The minimum atomic E-state index is -0.171. The molecule has 1 unspecified atom stereocenters. The molecule has 0 aromatic heterocycles. The topological polar surface area (TPSA) is 29.5 Å². The number of likely N-dealkylation sites (tertiary alicyclic amines) is 1. The first-order valence-corrected chi connectivity index (χ1v) is 5.67. The molecule has 1 amide bonds. The van der Waals surface area contributed by atoms with Gasteiger partial charge >= 0.3 is 6.09 Å². The maximum Gasteiger partial charge on any atom is 0.409 e. The van der Waals surface area contributed by atoms with Gasteiger partial charge in [-0.05, 0) is 24.7 Å². The summed E-state index contributed by atoms with van der Waals surface area (Å²) >= 11 is 0. The SMILES string of the molecule is C=CC1CCCN(C(=O)OCC(C)C)C1. The van der Waals surface area contributed by atoms with Gasteiger partial charge in [-0.2, -0.15) is 0 Å². The second kappa shape index (κ2) is 5.79. The number of hydrogen-bond acceptors (Lipinski definition) is 2. The van der Waals surface area contributed by atoms with E-state index in [9.17, 15) is 4.79 Å². The van der Waals surface area contributed by atoms with Gasteiger partial charge in [0.25, 0.3) is 0 Å². The highest BCUT2D eigenvalue weighted by Gasteiger charge is 2.22. The van der Waals surface area contributed by atoms with E-state index in [2.05, 4.69) is 6.58 Å². The molecule has 3 heteroatoms. The minimum Gasteiger partial charge on any atom is -0.449 e. The number of rotatable bonds is 3. The van der Waals surface area contributed by atoms with Gasteiger partial charge < -0.3 is 9.64 Å². The van der Waals surface area contributed by atoms with Gasteiger partial charge in [0, 0.05) is 13.1 Å². The molecule has 0 saturated carbocycles. The molecular weight excluding hydrogens is 190 g/mol. The van der Waals surface area contributed by atoms with Crippen LogP contribution in [0.5, 0.6) is 0 Å². The molecule has 1 aliphatic heterocycles. The number of hydrogen-bond donors (Lipinski definition) is 0. The number of ether oxygens (including phenoxy) is 1. The smallest absolute Gasteiger partial charge is 0.409 e. The molecule has 0 radical (unpaired) electrons. The molecule has 1 heterocycles. The summed E-state index contributed by atoms with van der Waals surface area (Å²) < 4.78 is 5.19. The van der Waals surface area contributed by atoms with Crippen molar-refractivity contribution in [1.82, 2.24) is 4.90 Å². The van der Waals surface area contributed by atoms with Crippen LogP contribution in [0.15, 0.2) is 12.7 Å². The van der Waals surface area contributed by atoms with E-state index in [1.54, 1.807) is 4.90 Å². The fourth-order valence-corrected chi connectivity index (χ4v) is 1.70. The lowest BCUT2D eigenvalue weighted by Gasteiger charge is -2.30. The van der Waals surface area contributed by atoms with Gasteiger partial charge in [0.05, 0.1) is 6.61 Å². The summed E-state index contributed by atoms with van der Waals surface area (Å²) in [4.78, 5) is 13.4. The zero-order valence-electron chi connectivity index (χ0n) is 9.74. The Morgan fingerprint density at radius 2 is 2.40 bits per heavy atom. The summed E-state index contributed by atoms with van der Waals surface area (Å²) in [7, 11) is 0. The van der Waals surface area contributed by atoms with Crippen LogP contribution in [0.25, 0.3) is 0 Å². The van der Waals surface area contributed by atoms with Crippen LogP contribution in [0.2, 0.25) is 0 Å². The quantitative estimate of drug-likeness (QED) is 0.672. The van der Waals surface area contributed by atoms with Crippen LogP contribution in [0.4, 0.5) is 4.79 Å². The molecule has 0 bridgehead atoms. The Labute approximate surface area is 92.1 Å². The van der Waals surface area contributed by atoms with Crippen LogP contribution >= 0.6 is 0 Å². The zero-order chi connectivity index (χ0) is 11.3. The normalized spacial score (nSPS) is 21.5. The van der Waals surface area contributed by atoms with E-state index in [1.165, 1.54) is 0 Å². The average Bonchev–Trinajstić information content (AvgIpc) is 2.26. The lowest BCUT2D eigenvalue weighted by Crippen LogP contribution is -2.40. The molecule has 0 aliphatic carbocycles. The average molecular weight is 211 g/mol. The second-order valence-corrected chi connectivity index (χ2v) is 4.55. The lowest BCUT2D eigenvalue weighted by molar-refractivity contribution is 0.0802. The van der Waals surface area contributed by atoms with Gasteiger partial charge in [-0.15, -0.1) is 6.58 Å². The Morgan fingerprint density at radius 3 is 3.00 bits per heavy atom. The predicted octanol–water partition coefficient (Wildman–Crippen LogP) is 2.68. The fourth-order valence-electron chi connectivity index (χ4n) is 1.70. The summed E-state index contributed by atoms with van der Waals surface area (Å²) in [5, 5.41) is 0. The molecule has 1 rings (SSSR count). The first kappa shape index (κ1) is 12.1. The van der Waals surface area contributed by atoms with E-state index in [0.29, 0.717) is 18.4 Å². The molecule has 86 valence electrons. The summed E-state index contributed by atoms with van der Waals surface area (Å²) in [5.74, 6) is 0.833. The van der Waals surface area contributed by atoms with Crippen LogP contribution in [0.3, 0.4) is 0 Å². The predicted molar refractivity (Wildman–Crippen MR) is 60.7 cm³/mol. The van der Waals surface area contributed by atoms with Crippen molar-refractivity contribution in [2.45, 2.75) is 26.7 Å².